The number of aliphatic carboxylic acids is 1. The van der Waals surface area contributed by atoms with Crippen molar-refractivity contribution < 1.29 is 14.7 Å². The van der Waals surface area contributed by atoms with Gasteiger partial charge in [-0.25, -0.2) is 0 Å². The number of carboxylic acids is 1. The zero-order valence-corrected chi connectivity index (χ0v) is 11.7. The SMILES string of the molecule is CCN1CCCC(NC(=O)c2cccn2CC(=O)O)C1. The van der Waals surface area contributed by atoms with E-state index in [-0.39, 0.29) is 18.5 Å². The maximum Gasteiger partial charge on any atom is 0.323 e. The third kappa shape index (κ3) is 3.60. The summed E-state index contributed by atoms with van der Waals surface area (Å²) < 4.78 is 1.46. The van der Waals surface area contributed by atoms with Crippen molar-refractivity contribution in [3.05, 3.63) is 24.0 Å². The van der Waals surface area contributed by atoms with Crippen molar-refractivity contribution in [2.75, 3.05) is 19.6 Å². The Balaban J connectivity index is 1.98. The van der Waals surface area contributed by atoms with Crippen LogP contribution >= 0.6 is 0 Å². The maximum absolute atomic E-state index is 12.2. The van der Waals surface area contributed by atoms with Crippen molar-refractivity contribution >= 4 is 11.9 Å². The Morgan fingerprint density at radius 1 is 1.50 bits per heavy atom. The van der Waals surface area contributed by atoms with E-state index in [1.54, 1.807) is 18.3 Å². The van der Waals surface area contributed by atoms with Gasteiger partial charge < -0.3 is 19.9 Å². The van der Waals surface area contributed by atoms with Crippen LogP contribution in [0, 0.1) is 0 Å². The minimum Gasteiger partial charge on any atom is -0.480 e. The van der Waals surface area contributed by atoms with Gasteiger partial charge >= 0.3 is 5.97 Å². The van der Waals surface area contributed by atoms with Crippen molar-refractivity contribution in [1.29, 1.82) is 0 Å². The van der Waals surface area contributed by atoms with Crippen molar-refractivity contribution in [1.82, 2.24) is 14.8 Å². The lowest BCUT2D eigenvalue weighted by Crippen LogP contribution is -2.47. The smallest absolute Gasteiger partial charge is 0.323 e. The number of carbonyl (C=O) groups is 2. The summed E-state index contributed by atoms with van der Waals surface area (Å²) in [7, 11) is 0. The van der Waals surface area contributed by atoms with E-state index in [0.29, 0.717) is 5.69 Å². The molecule has 110 valence electrons. The largest absolute Gasteiger partial charge is 0.480 e. The molecule has 1 unspecified atom stereocenters. The van der Waals surface area contributed by atoms with Crippen LogP contribution < -0.4 is 5.32 Å². The number of hydrogen-bond acceptors (Lipinski definition) is 3. The van der Waals surface area contributed by atoms with Crippen molar-refractivity contribution in [3.63, 3.8) is 0 Å². The number of carbonyl (C=O) groups excluding carboxylic acids is 1. The molecule has 1 atom stereocenters. The van der Waals surface area contributed by atoms with E-state index >= 15 is 0 Å². The van der Waals surface area contributed by atoms with Crippen LogP contribution in [0.15, 0.2) is 18.3 Å². The fourth-order valence-corrected chi connectivity index (χ4v) is 2.62. The second-order valence-corrected chi connectivity index (χ2v) is 5.12. The van der Waals surface area contributed by atoms with E-state index < -0.39 is 5.97 Å². The van der Waals surface area contributed by atoms with E-state index in [0.717, 1.165) is 32.5 Å². The van der Waals surface area contributed by atoms with Gasteiger partial charge in [0, 0.05) is 18.8 Å². The molecule has 1 aromatic heterocycles. The average Bonchev–Trinajstić information content (AvgIpc) is 2.86. The monoisotopic (exact) mass is 279 g/mol. The summed E-state index contributed by atoms with van der Waals surface area (Å²) in [6.07, 6.45) is 3.67. The summed E-state index contributed by atoms with van der Waals surface area (Å²) in [4.78, 5) is 25.3. The van der Waals surface area contributed by atoms with Gasteiger partial charge in [0.25, 0.3) is 5.91 Å². The molecule has 1 aliphatic rings. The first-order chi connectivity index (χ1) is 9.60. The number of piperidine rings is 1. The summed E-state index contributed by atoms with van der Waals surface area (Å²) in [5.41, 5.74) is 0.404. The summed E-state index contributed by atoms with van der Waals surface area (Å²) in [6.45, 7) is 4.85. The van der Waals surface area contributed by atoms with Crippen LogP contribution in [0.1, 0.15) is 30.3 Å². The number of nitrogens with one attached hydrogen (secondary N) is 1. The van der Waals surface area contributed by atoms with E-state index in [1.165, 1.54) is 4.57 Å². The molecule has 0 aliphatic carbocycles. The van der Waals surface area contributed by atoms with Crippen molar-refractivity contribution in [2.45, 2.75) is 32.4 Å². The molecule has 2 N–H and O–H groups in total. The second kappa shape index (κ2) is 6.56. The molecule has 1 saturated heterocycles. The van der Waals surface area contributed by atoms with Gasteiger partial charge in [-0.2, -0.15) is 0 Å². The van der Waals surface area contributed by atoms with Crippen LogP contribution in [0.5, 0.6) is 0 Å². The minimum atomic E-state index is -0.954. The van der Waals surface area contributed by atoms with E-state index in [9.17, 15) is 9.59 Å². The molecule has 0 bridgehead atoms. The molecule has 2 heterocycles. The molecule has 0 saturated carbocycles. The minimum absolute atomic E-state index is 0.143. The Morgan fingerprint density at radius 3 is 3.00 bits per heavy atom. The lowest BCUT2D eigenvalue weighted by Gasteiger charge is -2.32. The molecule has 1 amide bonds. The highest BCUT2D eigenvalue weighted by Gasteiger charge is 2.22. The Bertz CT molecular complexity index is 484. The van der Waals surface area contributed by atoms with Gasteiger partial charge in [0.2, 0.25) is 0 Å². The molecular weight excluding hydrogens is 258 g/mol. The Morgan fingerprint density at radius 2 is 2.30 bits per heavy atom. The molecule has 6 nitrogen and oxygen atoms in total. The third-order valence-corrected chi connectivity index (χ3v) is 3.66. The number of hydrogen-bond donors (Lipinski definition) is 2. The topological polar surface area (TPSA) is 74.6 Å². The van der Waals surface area contributed by atoms with Crippen LogP contribution in [0.25, 0.3) is 0 Å². The first kappa shape index (κ1) is 14.6. The Hall–Kier alpha value is -1.82. The van der Waals surface area contributed by atoms with Gasteiger partial charge in [-0.05, 0) is 38.1 Å². The summed E-state index contributed by atoms with van der Waals surface area (Å²) in [5, 5.41) is 11.8. The van der Waals surface area contributed by atoms with E-state index in [1.807, 2.05) is 0 Å². The van der Waals surface area contributed by atoms with Crippen LogP contribution in [0.2, 0.25) is 0 Å². The first-order valence-corrected chi connectivity index (χ1v) is 7.00. The number of likely N-dealkylation sites (N-methyl/N-ethyl adjacent to an activating group) is 1. The molecule has 2 rings (SSSR count). The lowest BCUT2D eigenvalue weighted by molar-refractivity contribution is -0.137. The highest BCUT2D eigenvalue weighted by Crippen LogP contribution is 2.11. The number of carboxylic acid groups (broad SMARTS) is 1. The first-order valence-electron chi connectivity index (χ1n) is 7.00. The summed E-state index contributed by atoms with van der Waals surface area (Å²) in [6, 6.07) is 3.49. The molecule has 1 aliphatic heterocycles. The molecular formula is C14H21N3O3. The Labute approximate surface area is 118 Å². The average molecular weight is 279 g/mol. The molecule has 0 spiro atoms. The fraction of sp³-hybridized carbons (Fsp3) is 0.571. The van der Waals surface area contributed by atoms with Crippen LogP contribution in [0.3, 0.4) is 0 Å². The van der Waals surface area contributed by atoms with Crippen LogP contribution in [-0.2, 0) is 11.3 Å². The number of rotatable bonds is 5. The van der Waals surface area contributed by atoms with Crippen molar-refractivity contribution in [2.24, 2.45) is 0 Å². The van der Waals surface area contributed by atoms with Gasteiger partial charge in [-0.1, -0.05) is 6.92 Å². The lowest BCUT2D eigenvalue weighted by atomic mass is 10.1. The predicted molar refractivity (Wildman–Crippen MR) is 74.7 cm³/mol. The molecule has 20 heavy (non-hydrogen) atoms. The molecule has 6 heteroatoms. The molecule has 1 fully saturated rings. The fourth-order valence-electron chi connectivity index (χ4n) is 2.62. The zero-order chi connectivity index (χ0) is 14.5. The zero-order valence-electron chi connectivity index (χ0n) is 11.7. The van der Waals surface area contributed by atoms with Gasteiger partial charge in [-0.15, -0.1) is 0 Å². The molecule has 0 radical (unpaired) electrons. The number of aromatic nitrogens is 1. The summed E-state index contributed by atoms with van der Waals surface area (Å²) >= 11 is 0. The normalized spacial score (nSPS) is 19.8. The van der Waals surface area contributed by atoms with Gasteiger partial charge in [-0.3, -0.25) is 9.59 Å². The maximum atomic E-state index is 12.2. The number of likely N-dealkylation sites (tertiary alicyclic amines) is 1. The second-order valence-electron chi connectivity index (χ2n) is 5.12. The summed E-state index contributed by atoms with van der Waals surface area (Å²) in [5.74, 6) is -1.15. The van der Waals surface area contributed by atoms with E-state index in [2.05, 4.69) is 17.1 Å². The van der Waals surface area contributed by atoms with Crippen LogP contribution in [0.4, 0.5) is 0 Å². The van der Waals surface area contributed by atoms with Gasteiger partial charge in [0.1, 0.15) is 12.2 Å². The highest BCUT2D eigenvalue weighted by molar-refractivity contribution is 5.93. The quantitative estimate of drug-likeness (QED) is 0.835. The number of nitrogens with zero attached hydrogens (tertiary/aromatic N) is 2. The Kier molecular flexibility index (Phi) is 4.79. The standard InChI is InChI=1S/C14H21N3O3/c1-2-16-7-3-5-11(9-16)15-14(20)12-6-4-8-17(12)10-13(18)19/h4,6,8,11H,2-3,5,7,9-10H2,1H3,(H,15,20)(H,18,19). The van der Waals surface area contributed by atoms with Crippen molar-refractivity contribution in [3.8, 4) is 0 Å². The van der Waals surface area contributed by atoms with Gasteiger partial charge in [0.15, 0.2) is 0 Å². The van der Waals surface area contributed by atoms with Crippen LogP contribution in [-0.4, -0.2) is 52.1 Å². The third-order valence-electron chi connectivity index (χ3n) is 3.66. The molecule has 1 aromatic rings. The van der Waals surface area contributed by atoms with E-state index in [4.69, 9.17) is 5.11 Å². The molecule has 0 aromatic carbocycles. The van der Waals surface area contributed by atoms with Gasteiger partial charge in [0.05, 0.1) is 0 Å². The highest BCUT2D eigenvalue weighted by atomic mass is 16.4. The number of amides is 1. The predicted octanol–water partition coefficient (Wildman–Crippen LogP) is 0.787.